The van der Waals surface area contributed by atoms with Crippen LogP contribution in [0.25, 0.3) is 0 Å². The predicted molar refractivity (Wildman–Crippen MR) is 82.7 cm³/mol. The summed E-state index contributed by atoms with van der Waals surface area (Å²) in [4.78, 5) is 11.6. The fourth-order valence-corrected chi connectivity index (χ4v) is 2.08. The summed E-state index contributed by atoms with van der Waals surface area (Å²) in [6, 6.07) is 7.95. The van der Waals surface area contributed by atoms with E-state index in [1.807, 2.05) is 42.1 Å². The molecule has 1 atom stereocenters. The van der Waals surface area contributed by atoms with Crippen LogP contribution in [0.3, 0.4) is 0 Å². The third-order valence-electron chi connectivity index (χ3n) is 3.60. The van der Waals surface area contributed by atoms with Crippen molar-refractivity contribution in [3.05, 3.63) is 47.3 Å². The van der Waals surface area contributed by atoms with Crippen LogP contribution in [0.4, 0.5) is 0 Å². The molecule has 0 fully saturated rings. The van der Waals surface area contributed by atoms with Gasteiger partial charge in [-0.15, -0.1) is 0 Å². The highest BCUT2D eigenvalue weighted by Gasteiger charge is 2.10. The van der Waals surface area contributed by atoms with Crippen LogP contribution < -0.4 is 4.74 Å². The third kappa shape index (κ3) is 3.72. The Morgan fingerprint density at radius 2 is 2.14 bits per heavy atom. The molecular weight excluding hydrogens is 264 g/mol. The van der Waals surface area contributed by atoms with Crippen LogP contribution in [-0.2, 0) is 6.61 Å². The SMILES string of the molecule is CCC(C)n1ccc(COc2cc(C)ccc2C(C)=O)n1. The van der Waals surface area contributed by atoms with Gasteiger partial charge in [0.2, 0.25) is 0 Å². The number of rotatable bonds is 6. The van der Waals surface area contributed by atoms with Crippen LogP contribution >= 0.6 is 0 Å². The molecule has 0 saturated carbocycles. The third-order valence-corrected chi connectivity index (χ3v) is 3.60. The van der Waals surface area contributed by atoms with Crippen molar-refractivity contribution in [1.29, 1.82) is 0 Å². The number of aryl methyl sites for hydroxylation is 1. The molecule has 4 heteroatoms. The molecule has 1 unspecified atom stereocenters. The molecule has 0 spiro atoms. The van der Waals surface area contributed by atoms with E-state index >= 15 is 0 Å². The standard InChI is InChI=1S/C17H22N2O2/c1-5-13(3)19-9-8-15(18-19)11-21-17-10-12(2)6-7-16(17)14(4)20/h6-10,13H,5,11H2,1-4H3. The maximum atomic E-state index is 11.6. The first-order valence-corrected chi connectivity index (χ1v) is 7.29. The van der Waals surface area contributed by atoms with Gasteiger partial charge < -0.3 is 4.74 Å². The highest BCUT2D eigenvalue weighted by Crippen LogP contribution is 2.22. The number of hydrogen-bond donors (Lipinski definition) is 0. The highest BCUT2D eigenvalue weighted by molar-refractivity contribution is 5.96. The summed E-state index contributed by atoms with van der Waals surface area (Å²) < 4.78 is 7.74. The Balaban J connectivity index is 2.11. The van der Waals surface area contributed by atoms with Gasteiger partial charge in [-0.3, -0.25) is 9.48 Å². The summed E-state index contributed by atoms with van der Waals surface area (Å²) in [6.07, 6.45) is 3.00. The van der Waals surface area contributed by atoms with Gasteiger partial charge >= 0.3 is 0 Å². The zero-order valence-electron chi connectivity index (χ0n) is 13.1. The van der Waals surface area contributed by atoms with Gasteiger partial charge in [0, 0.05) is 12.2 Å². The number of aromatic nitrogens is 2. The molecule has 0 aliphatic rings. The molecule has 4 nitrogen and oxygen atoms in total. The molecule has 0 saturated heterocycles. The zero-order chi connectivity index (χ0) is 15.4. The summed E-state index contributed by atoms with van der Waals surface area (Å²) in [6.45, 7) is 8.16. The average Bonchev–Trinajstić information content (AvgIpc) is 2.93. The largest absolute Gasteiger partial charge is 0.486 e. The Morgan fingerprint density at radius 1 is 1.38 bits per heavy atom. The topological polar surface area (TPSA) is 44.1 Å². The fourth-order valence-electron chi connectivity index (χ4n) is 2.08. The van der Waals surface area contributed by atoms with E-state index in [9.17, 15) is 4.79 Å². The number of ether oxygens (including phenoxy) is 1. The van der Waals surface area contributed by atoms with Crippen molar-refractivity contribution >= 4 is 5.78 Å². The van der Waals surface area contributed by atoms with Gasteiger partial charge in [0.15, 0.2) is 5.78 Å². The van der Waals surface area contributed by atoms with Crippen molar-refractivity contribution in [2.75, 3.05) is 0 Å². The molecule has 0 bridgehead atoms. The Hall–Kier alpha value is -2.10. The molecular formula is C17H22N2O2. The molecule has 2 aromatic rings. The lowest BCUT2D eigenvalue weighted by Gasteiger charge is -2.10. The fraction of sp³-hybridized carbons (Fsp3) is 0.412. The smallest absolute Gasteiger partial charge is 0.163 e. The number of ketones is 1. The Morgan fingerprint density at radius 3 is 2.81 bits per heavy atom. The summed E-state index contributed by atoms with van der Waals surface area (Å²) in [7, 11) is 0. The van der Waals surface area contributed by atoms with E-state index in [-0.39, 0.29) is 5.78 Å². The lowest BCUT2D eigenvalue weighted by molar-refractivity contribution is 0.101. The molecule has 0 aliphatic heterocycles. The number of carbonyl (C=O) groups excluding carboxylic acids is 1. The Kier molecular flexibility index (Phi) is 4.78. The summed E-state index contributed by atoms with van der Waals surface area (Å²) >= 11 is 0. The van der Waals surface area contributed by atoms with Crippen molar-refractivity contribution in [2.24, 2.45) is 0 Å². The molecule has 2 rings (SSSR count). The second kappa shape index (κ2) is 6.57. The number of carbonyl (C=O) groups is 1. The van der Waals surface area contributed by atoms with E-state index in [2.05, 4.69) is 18.9 Å². The number of benzene rings is 1. The van der Waals surface area contributed by atoms with Crippen LogP contribution in [0, 0.1) is 6.92 Å². The molecule has 0 aliphatic carbocycles. The van der Waals surface area contributed by atoms with E-state index in [0.29, 0.717) is 24.0 Å². The van der Waals surface area contributed by atoms with Crippen molar-refractivity contribution < 1.29 is 9.53 Å². The van der Waals surface area contributed by atoms with E-state index in [0.717, 1.165) is 17.7 Å². The number of Topliss-reactive ketones (excluding diaryl/α,β-unsaturated/α-hetero) is 1. The number of hydrogen-bond acceptors (Lipinski definition) is 3. The minimum absolute atomic E-state index is 0.00938. The highest BCUT2D eigenvalue weighted by atomic mass is 16.5. The van der Waals surface area contributed by atoms with Crippen LogP contribution in [-0.4, -0.2) is 15.6 Å². The van der Waals surface area contributed by atoms with E-state index in [1.165, 1.54) is 0 Å². The predicted octanol–water partition coefficient (Wildman–Crippen LogP) is 3.94. The minimum Gasteiger partial charge on any atom is -0.486 e. The van der Waals surface area contributed by atoms with Gasteiger partial charge in [-0.1, -0.05) is 13.0 Å². The first-order chi connectivity index (χ1) is 10.0. The molecule has 1 aromatic heterocycles. The molecule has 21 heavy (non-hydrogen) atoms. The van der Waals surface area contributed by atoms with Gasteiger partial charge in [0.1, 0.15) is 12.4 Å². The molecule has 0 N–H and O–H groups in total. The molecule has 1 aromatic carbocycles. The zero-order valence-corrected chi connectivity index (χ0v) is 13.1. The maximum absolute atomic E-state index is 11.6. The molecule has 0 amide bonds. The van der Waals surface area contributed by atoms with Crippen molar-refractivity contribution in [2.45, 2.75) is 46.8 Å². The Bertz CT molecular complexity index is 631. The second-order valence-corrected chi connectivity index (χ2v) is 5.39. The van der Waals surface area contributed by atoms with E-state index < -0.39 is 0 Å². The van der Waals surface area contributed by atoms with Crippen molar-refractivity contribution in [1.82, 2.24) is 9.78 Å². The molecule has 112 valence electrons. The van der Waals surface area contributed by atoms with Gasteiger partial charge in [0.05, 0.1) is 11.3 Å². The van der Waals surface area contributed by atoms with Crippen molar-refractivity contribution in [3.8, 4) is 5.75 Å². The van der Waals surface area contributed by atoms with Crippen LogP contribution in [0.15, 0.2) is 30.5 Å². The number of nitrogens with zero attached hydrogens (tertiary/aromatic N) is 2. The first-order valence-electron chi connectivity index (χ1n) is 7.29. The van der Waals surface area contributed by atoms with E-state index in [1.54, 1.807) is 6.92 Å². The quantitative estimate of drug-likeness (QED) is 0.755. The maximum Gasteiger partial charge on any atom is 0.163 e. The first kappa shape index (κ1) is 15.3. The Labute approximate surface area is 125 Å². The van der Waals surface area contributed by atoms with Crippen LogP contribution in [0.2, 0.25) is 0 Å². The van der Waals surface area contributed by atoms with Crippen LogP contribution in [0.5, 0.6) is 5.75 Å². The normalized spacial score (nSPS) is 12.2. The van der Waals surface area contributed by atoms with Crippen LogP contribution in [0.1, 0.15) is 54.8 Å². The summed E-state index contributed by atoms with van der Waals surface area (Å²) in [5, 5.41) is 4.50. The van der Waals surface area contributed by atoms with Gasteiger partial charge in [-0.2, -0.15) is 5.10 Å². The molecule has 0 radical (unpaired) electrons. The summed E-state index contributed by atoms with van der Waals surface area (Å²) in [5.41, 5.74) is 2.55. The van der Waals surface area contributed by atoms with E-state index in [4.69, 9.17) is 4.74 Å². The average molecular weight is 286 g/mol. The lowest BCUT2D eigenvalue weighted by Crippen LogP contribution is -2.06. The van der Waals surface area contributed by atoms with Gasteiger partial charge in [0.25, 0.3) is 0 Å². The van der Waals surface area contributed by atoms with Crippen molar-refractivity contribution in [3.63, 3.8) is 0 Å². The second-order valence-electron chi connectivity index (χ2n) is 5.39. The molecule has 1 heterocycles. The summed E-state index contributed by atoms with van der Waals surface area (Å²) in [5.74, 6) is 0.635. The lowest BCUT2D eigenvalue weighted by atomic mass is 10.1. The van der Waals surface area contributed by atoms with Gasteiger partial charge in [-0.25, -0.2) is 0 Å². The minimum atomic E-state index is 0.00938. The monoisotopic (exact) mass is 286 g/mol. The van der Waals surface area contributed by atoms with Gasteiger partial charge in [-0.05, 0) is 51.0 Å².